The van der Waals surface area contributed by atoms with Gasteiger partial charge >= 0.3 is 0 Å². The predicted octanol–water partition coefficient (Wildman–Crippen LogP) is 1.64. The van der Waals surface area contributed by atoms with Crippen molar-refractivity contribution in [3.63, 3.8) is 0 Å². The number of hydrogen-bond acceptors (Lipinski definition) is 5. The van der Waals surface area contributed by atoms with Crippen LogP contribution in [0.1, 0.15) is 25.8 Å². The average molecular weight is 251 g/mol. The van der Waals surface area contributed by atoms with E-state index < -0.39 is 0 Å². The van der Waals surface area contributed by atoms with Gasteiger partial charge in [-0.1, -0.05) is 13.3 Å². The molecular formula is C13H21N3O2. The van der Waals surface area contributed by atoms with Crippen LogP contribution >= 0.6 is 0 Å². The van der Waals surface area contributed by atoms with Crippen molar-refractivity contribution >= 4 is 5.95 Å². The van der Waals surface area contributed by atoms with Crippen molar-refractivity contribution in [1.29, 1.82) is 0 Å². The second-order valence-corrected chi connectivity index (χ2v) is 4.45. The normalized spacial score (nSPS) is 23.2. The Labute approximate surface area is 108 Å². The SMILES string of the molecule is CCCc1cnc(N[C@H]2COC[C@@H]2OCC)nc1. The summed E-state index contributed by atoms with van der Waals surface area (Å²) in [6.07, 6.45) is 5.98. The zero-order valence-electron chi connectivity index (χ0n) is 11.1. The third kappa shape index (κ3) is 3.40. The van der Waals surface area contributed by atoms with Gasteiger partial charge in [-0.3, -0.25) is 0 Å². The highest BCUT2D eigenvalue weighted by Gasteiger charge is 2.29. The summed E-state index contributed by atoms with van der Waals surface area (Å²) in [5, 5.41) is 3.27. The fraction of sp³-hybridized carbons (Fsp3) is 0.692. The van der Waals surface area contributed by atoms with Gasteiger partial charge in [0.2, 0.25) is 5.95 Å². The standard InChI is InChI=1S/C13H21N3O2/c1-3-5-10-6-14-13(15-7-10)16-11-8-17-9-12(11)18-4-2/h6-7,11-12H,3-5,8-9H2,1-2H3,(H,14,15,16)/t11-,12-/m0/s1. The summed E-state index contributed by atoms with van der Waals surface area (Å²) in [6, 6.07) is 0.141. The van der Waals surface area contributed by atoms with Gasteiger partial charge in [0, 0.05) is 19.0 Å². The van der Waals surface area contributed by atoms with E-state index in [0.29, 0.717) is 25.8 Å². The van der Waals surface area contributed by atoms with Gasteiger partial charge in [-0.2, -0.15) is 0 Å². The van der Waals surface area contributed by atoms with Crippen LogP contribution in [-0.2, 0) is 15.9 Å². The summed E-state index contributed by atoms with van der Waals surface area (Å²) in [7, 11) is 0. The van der Waals surface area contributed by atoms with E-state index >= 15 is 0 Å². The fourth-order valence-corrected chi connectivity index (χ4v) is 2.06. The zero-order valence-corrected chi connectivity index (χ0v) is 11.1. The first-order valence-corrected chi connectivity index (χ1v) is 6.60. The number of rotatable bonds is 6. The number of anilines is 1. The maximum Gasteiger partial charge on any atom is 0.222 e. The molecule has 1 aromatic rings. The number of nitrogens with one attached hydrogen (secondary N) is 1. The van der Waals surface area contributed by atoms with Gasteiger partial charge in [-0.15, -0.1) is 0 Å². The van der Waals surface area contributed by atoms with E-state index in [4.69, 9.17) is 9.47 Å². The third-order valence-electron chi connectivity index (χ3n) is 2.97. The molecule has 2 rings (SSSR count). The van der Waals surface area contributed by atoms with Crippen molar-refractivity contribution in [2.75, 3.05) is 25.1 Å². The van der Waals surface area contributed by atoms with Crippen LogP contribution in [0, 0.1) is 0 Å². The first-order valence-electron chi connectivity index (χ1n) is 6.60. The number of aromatic nitrogens is 2. The molecule has 100 valence electrons. The van der Waals surface area contributed by atoms with Crippen LogP contribution in [0.15, 0.2) is 12.4 Å². The van der Waals surface area contributed by atoms with Crippen LogP contribution in [0.4, 0.5) is 5.95 Å². The molecule has 0 aliphatic carbocycles. The highest BCUT2D eigenvalue weighted by molar-refractivity contribution is 5.27. The maximum atomic E-state index is 5.61. The second-order valence-electron chi connectivity index (χ2n) is 4.45. The minimum Gasteiger partial charge on any atom is -0.376 e. The van der Waals surface area contributed by atoms with E-state index in [2.05, 4.69) is 22.2 Å². The van der Waals surface area contributed by atoms with E-state index in [-0.39, 0.29) is 12.1 Å². The first kappa shape index (κ1) is 13.2. The second kappa shape index (κ2) is 6.66. The molecule has 0 aromatic carbocycles. The summed E-state index contributed by atoms with van der Waals surface area (Å²) in [5.41, 5.74) is 1.17. The molecule has 18 heavy (non-hydrogen) atoms. The van der Waals surface area contributed by atoms with Crippen LogP contribution in [0.3, 0.4) is 0 Å². The summed E-state index contributed by atoms with van der Waals surface area (Å²) >= 11 is 0. The van der Waals surface area contributed by atoms with Crippen molar-refractivity contribution in [3.05, 3.63) is 18.0 Å². The molecular weight excluding hydrogens is 230 g/mol. The molecule has 0 unspecified atom stereocenters. The molecule has 5 nitrogen and oxygen atoms in total. The quantitative estimate of drug-likeness (QED) is 0.833. The maximum absolute atomic E-state index is 5.61. The van der Waals surface area contributed by atoms with Crippen molar-refractivity contribution in [1.82, 2.24) is 9.97 Å². The zero-order chi connectivity index (χ0) is 12.8. The molecule has 1 fully saturated rings. The van der Waals surface area contributed by atoms with Crippen LogP contribution in [0.2, 0.25) is 0 Å². The Kier molecular flexibility index (Phi) is 4.90. The third-order valence-corrected chi connectivity index (χ3v) is 2.97. The Balaban J connectivity index is 1.92. The summed E-state index contributed by atoms with van der Waals surface area (Å²) in [6.45, 7) is 6.12. The molecule has 0 radical (unpaired) electrons. The molecule has 0 amide bonds. The Morgan fingerprint density at radius 3 is 2.78 bits per heavy atom. The van der Waals surface area contributed by atoms with E-state index in [1.807, 2.05) is 19.3 Å². The molecule has 0 spiro atoms. The van der Waals surface area contributed by atoms with Gasteiger partial charge in [0.05, 0.1) is 19.3 Å². The lowest BCUT2D eigenvalue weighted by Gasteiger charge is -2.18. The Bertz CT molecular complexity index is 356. The minimum absolute atomic E-state index is 0.0916. The smallest absolute Gasteiger partial charge is 0.222 e. The van der Waals surface area contributed by atoms with Crippen molar-refractivity contribution in [2.24, 2.45) is 0 Å². The highest BCUT2D eigenvalue weighted by Crippen LogP contribution is 2.14. The van der Waals surface area contributed by atoms with E-state index in [1.165, 1.54) is 5.56 Å². The summed E-state index contributed by atoms with van der Waals surface area (Å²) < 4.78 is 11.0. The summed E-state index contributed by atoms with van der Waals surface area (Å²) in [4.78, 5) is 8.64. The Morgan fingerprint density at radius 1 is 1.33 bits per heavy atom. The lowest BCUT2D eigenvalue weighted by atomic mass is 10.2. The molecule has 1 aliphatic heterocycles. The first-order chi connectivity index (χ1) is 8.83. The minimum atomic E-state index is 0.0916. The van der Waals surface area contributed by atoms with E-state index in [0.717, 1.165) is 12.8 Å². The number of ether oxygens (including phenoxy) is 2. The number of hydrogen-bond donors (Lipinski definition) is 1. The molecule has 1 aromatic heterocycles. The highest BCUT2D eigenvalue weighted by atomic mass is 16.5. The molecule has 2 heterocycles. The largest absolute Gasteiger partial charge is 0.376 e. The number of nitrogens with zero attached hydrogens (tertiary/aromatic N) is 2. The van der Waals surface area contributed by atoms with Gasteiger partial charge in [0.1, 0.15) is 6.10 Å². The molecule has 2 atom stereocenters. The molecule has 1 saturated heterocycles. The van der Waals surface area contributed by atoms with Crippen LogP contribution in [0.5, 0.6) is 0 Å². The van der Waals surface area contributed by atoms with Crippen molar-refractivity contribution < 1.29 is 9.47 Å². The van der Waals surface area contributed by atoms with Crippen LogP contribution in [-0.4, -0.2) is 41.9 Å². The fourth-order valence-electron chi connectivity index (χ4n) is 2.06. The van der Waals surface area contributed by atoms with E-state index in [1.54, 1.807) is 0 Å². The van der Waals surface area contributed by atoms with Crippen LogP contribution in [0.25, 0.3) is 0 Å². The van der Waals surface area contributed by atoms with E-state index in [9.17, 15) is 0 Å². The molecule has 1 N–H and O–H groups in total. The van der Waals surface area contributed by atoms with Gasteiger partial charge in [0.25, 0.3) is 0 Å². The van der Waals surface area contributed by atoms with Gasteiger partial charge in [-0.05, 0) is 18.9 Å². The molecule has 0 bridgehead atoms. The molecule has 1 aliphatic rings. The van der Waals surface area contributed by atoms with Gasteiger partial charge in [0.15, 0.2) is 0 Å². The Hall–Kier alpha value is -1.20. The van der Waals surface area contributed by atoms with Crippen molar-refractivity contribution in [2.45, 2.75) is 38.8 Å². The lowest BCUT2D eigenvalue weighted by molar-refractivity contribution is 0.0477. The summed E-state index contributed by atoms with van der Waals surface area (Å²) in [5.74, 6) is 0.648. The monoisotopic (exact) mass is 251 g/mol. The Morgan fingerprint density at radius 2 is 2.11 bits per heavy atom. The van der Waals surface area contributed by atoms with Crippen molar-refractivity contribution in [3.8, 4) is 0 Å². The average Bonchev–Trinajstić information content (AvgIpc) is 2.80. The molecule has 0 saturated carbocycles. The predicted molar refractivity (Wildman–Crippen MR) is 69.7 cm³/mol. The number of aryl methyl sites for hydroxylation is 1. The van der Waals surface area contributed by atoms with Gasteiger partial charge in [-0.25, -0.2) is 9.97 Å². The van der Waals surface area contributed by atoms with Crippen LogP contribution < -0.4 is 5.32 Å². The topological polar surface area (TPSA) is 56.3 Å². The lowest BCUT2D eigenvalue weighted by Crippen LogP contribution is -2.34. The van der Waals surface area contributed by atoms with Gasteiger partial charge < -0.3 is 14.8 Å². The molecule has 5 heteroatoms.